The maximum atomic E-state index is 12.1. The second-order valence-electron chi connectivity index (χ2n) is 4.34. The highest BCUT2D eigenvalue weighted by Crippen LogP contribution is 2.10. The third-order valence-corrected chi connectivity index (χ3v) is 4.34. The van der Waals surface area contributed by atoms with E-state index in [-0.39, 0.29) is 11.8 Å². The van der Waals surface area contributed by atoms with Crippen LogP contribution in [0.1, 0.15) is 31.0 Å². The van der Waals surface area contributed by atoms with Crippen LogP contribution in [0.2, 0.25) is 0 Å². The lowest BCUT2D eigenvalue weighted by atomic mass is 10.2. The average Bonchev–Trinajstić information content (AvgIpc) is 2.88. The Kier molecular flexibility index (Phi) is 7.61. The molecule has 0 unspecified atom stereocenters. The predicted molar refractivity (Wildman–Crippen MR) is 83.9 cm³/mol. The Morgan fingerprint density at radius 3 is 2.80 bits per heavy atom. The molecular formula is C13H21N3O2S2. The number of rotatable bonds is 8. The van der Waals surface area contributed by atoms with Crippen LogP contribution in [0.25, 0.3) is 0 Å². The van der Waals surface area contributed by atoms with Crippen molar-refractivity contribution in [2.75, 3.05) is 12.0 Å². The van der Waals surface area contributed by atoms with Crippen molar-refractivity contribution in [3.63, 3.8) is 0 Å². The Morgan fingerprint density at radius 2 is 2.25 bits per heavy atom. The summed E-state index contributed by atoms with van der Waals surface area (Å²) in [6.07, 6.45) is 3.51. The van der Waals surface area contributed by atoms with Crippen molar-refractivity contribution < 1.29 is 9.59 Å². The van der Waals surface area contributed by atoms with Gasteiger partial charge in [-0.3, -0.25) is 9.59 Å². The molecule has 0 fully saturated rings. The summed E-state index contributed by atoms with van der Waals surface area (Å²) in [5.41, 5.74) is 0.867. The van der Waals surface area contributed by atoms with Crippen molar-refractivity contribution in [2.45, 2.75) is 39.3 Å². The van der Waals surface area contributed by atoms with Gasteiger partial charge in [-0.25, -0.2) is 4.98 Å². The van der Waals surface area contributed by atoms with E-state index < -0.39 is 6.04 Å². The fraction of sp³-hybridized carbons (Fsp3) is 0.615. The number of carbonyl (C=O) groups is 2. The predicted octanol–water partition coefficient (Wildman–Crippen LogP) is 1.58. The van der Waals surface area contributed by atoms with E-state index in [2.05, 4.69) is 22.5 Å². The molecule has 7 heteroatoms. The second-order valence-corrected chi connectivity index (χ2v) is 6.27. The summed E-state index contributed by atoms with van der Waals surface area (Å²) in [7, 11) is 0. The molecule has 0 saturated heterocycles. The fourth-order valence-corrected chi connectivity index (χ4v) is 2.86. The van der Waals surface area contributed by atoms with Gasteiger partial charge in [0.25, 0.3) is 0 Å². The van der Waals surface area contributed by atoms with Gasteiger partial charge in [-0.05, 0) is 24.9 Å². The number of carbonyl (C=O) groups excluding carboxylic acids is 2. The first-order chi connectivity index (χ1) is 9.56. The van der Waals surface area contributed by atoms with Crippen LogP contribution in [-0.4, -0.2) is 34.8 Å². The second kappa shape index (κ2) is 8.97. The van der Waals surface area contributed by atoms with Gasteiger partial charge < -0.3 is 10.6 Å². The molecule has 0 bridgehead atoms. The number of hydrogen-bond donors (Lipinski definition) is 2. The molecule has 2 amide bonds. The third kappa shape index (κ3) is 5.92. The molecule has 0 radical (unpaired) electrons. The Labute approximate surface area is 127 Å². The van der Waals surface area contributed by atoms with Crippen molar-refractivity contribution in [3.05, 3.63) is 16.1 Å². The monoisotopic (exact) mass is 315 g/mol. The molecule has 1 atom stereocenters. The molecule has 1 aromatic heterocycles. The Morgan fingerprint density at radius 1 is 1.50 bits per heavy atom. The van der Waals surface area contributed by atoms with Crippen LogP contribution in [-0.2, 0) is 22.6 Å². The maximum absolute atomic E-state index is 12.1. The van der Waals surface area contributed by atoms with E-state index in [1.165, 1.54) is 6.92 Å². The van der Waals surface area contributed by atoms with Gasteiger partial charge in [0.2, 0.25) is 11.8 Å². The number of aromatic nitrogens is 1. The van der Waals surface area contributed by atoms with Crippen LogP contribution >= 0.6 is 23.1 Å². The third-order valence-electron chi connectivity index (χ3n) is 2.65. The van der Waals surface area contributed by atoms with Crippen LogP contribution in [0.3, 0.4) is 0 Å². The molecule has 112 valence electrons. The van der Waals surface area contributed by atoms with Crippen LogP contribution in [0.4, 0.5) is 0 Å². The molecule has 0 aliphatic rings. The van der Waals surface area contributed by atoms with E-state index in [4.69, 9.17) is 0 Å². The molecule has 0 saturated carbocycles. The summed E-state index contributed by atoms with van der Waals surface area (Å²) in [5, 5.41) is 8.53. The summed E-state index contributed by atoms with van der Waals surface area (Å²) >= 11 is 3.25. The van der Waals surface area contributed by atoms with E-state index in [0.717, 1.165) is 22.9 Å². The van der Waals surface area contributed by atoms with Crippen molar-refractivity contribution in [1.82, 2.24) is 15.6 Å². The number of nitrogens with zero attached hydrogens (tertiary/aromatic N) is 1. The minimum atomic E-state index is -0.468. The van der Waals surface area contributed by atoms with Gasteiger partial charge in [0.1, 0.15) is 6.04 Å². The number of hydrogen-bond acceptors (Lipinski definition) is 5. The van der Waals surface area contributed by atoms with Crippen molar-refractivity contribution in [3.8, 4) is 0 Å². The molecule has 1 aromatic rings. The van der Waals surface area contributed by atoms with Gasteiger partial charge in [-0.1, -0.05) is 6.92 Å². The number of amides is 2. The zero-order valence-electron chi connectivity index (χ0n) is 12.1. The largest absolute Gasteiger partial charge is 0.349 e. The number of aryl methyl sites for hydroxylation is 1. The van der Waals surface area contributed by atoms with Crippen LogP contribution in [0, 0.1) is 0 Å². The zero-order valence-corrected chi connectivity index (χ0v) is 13.7. The molecule has 1 rings (SSSR count). The van der Waals surface area contributed by atoms with Crippen molar-refractivity contribution in [2.24, 2.45) is 0 Å². The van der Waals surface area contributed by atoms with Gasteiger partial charge >= 0.3 is 0 Å². The van der Waals surface area contributed by atoms with E-state index in [1.807, 2.05) is 11.6 Å². The maximum Gasteiger partial charge on any atom is 0.242 e. The van der Waals surface area contributed by atoms with E-state index in [9.17, 15) is 9.59 Å². The number of nitrogens with one attached hydrogen (secondary N) is 2. The van der Waals surface area contributed by atoms with Crippen LogP contribution in [0.5, 0.6) is 0 Å². The quantitative estimate of drug-likeness (QED) is 0.764. The van der Waals surface area contributed by atoms with Crippen LogP contribution < -0.4 is 10.6 Å². The molecule has 0 aromatic carbocycles. The highest BCUT2D eigenvalue weighted by Gasteiger charge is 2.18. The molecule has 5 nitrogen and oxygen atoms in total. The van der Waals surface area contributed by atoms with Crippen molar-refractivity contribution >= 4 is 34.9 Å². The minimum Gasteiger partial charge on any atom is -0.349 e. The van der Waals surface area contributed by atoms with Gasteiger partial charge in [0.15, 0.2) is 0 Å². The lowest BCUT2D eigenvalue weighted by Gasteiger charge is -2.16. The van der Waals surface area contributed by atoms with Gasteiger partial charge in [-0.2, -0.15) is 11.8 Å². The van der Waals surface area contributed by atoms with Gasteiger partial charge in [0.05, 0.1) is 17.2 Å². The van der Waals surface area contributed by atoms with Crippen LogP contribution in [0.15, 0.2) is 5.38 Å². The number of thiazole rings is 1. The highest BCUT2D eigenvalue weighted by atomic mass is 32.2. The summed E-state index contributed by atoms with van der Waals surface area (Å²) in [6, 6.07) is -0.468. The van der Waals surface area contributed by atoms with Gasteiger partial charge in [0, 0.05) is 12.3 Å². The van der Waals surface area contributed by atoms with E-state index in [1.54, 1.807) is 23.1 Å². The first-order valence-corrected chi connectivity index (χ1v) is 8.81. The molecule has 0 aliphatic carbocycles. The standard InChI is InChI=1S/C13H21N3O2S2/c1-4-12-16-10(8-20-12)7-14-13(18)11(5-6-19-3)15-9(2)17/h8,11H,4-7H2,1-3H3,(H,14,18)(H,15,17)/t11-/m0/s1. The average molecular weight is 315 g/mol. The molecule has 0 aliphatic heterocycles. The molecule has 1 heterocycles. The first kappa shape index (κ1) is 17.0. The topological polar surface area (TPSA) is 71.1 Å². The smallest absolute Gasteiger partial charge is 0.242 e. The van der Waals surface area contributed by atoms with Crippen molar-refractivity contribution in [1.29, 1.82) is 0 Å². The van der Waals surface area contributed by atoms with E-state index >= 15 is 0 Å². The zero-order chi connectivity index (χ0) is 15.0. The highest BCUT2D eigenvalue weighted by molar-refractivity contribution is 7.98. The summed E-state index contributed by atoms with van der Waals surface area (Å²) in [6.45, 7) is 3.88. The Bertz CT molecular complexity index is 449. The summed E-state index contributed by atoms with van der Waals surface area (Å²) in [4.78, 5) is 27.6. The molecular weight excluding hydrogens is 294 g/mol. The van der Waals surface area contributed by atoms with E-state index in [0.29, 0.717) is 13.0 Å². The Hall–Kier alpha value is -1.08. The molecule has 20 heavy (non-hydrogen) atoms. The molecule has 2 N–H and O–H groups in total. The molecule has 0 spiro atoms. The summed E-state index contributed by atoms with van der Waals surface area (Å²) in [5.74, 6) is 0.489. The fourth-order valence-electron chi connectivity index (χ4n) is 1.64. The SMILES string of the molecule is CCc1nc(CNC(=O)[C@H](CCSC)NC(C)=O)cs1. The lowest BCUT2D eigenvalue weighted by Crippen LogP contribution is -2.46. The Balaban J connectivity index is 2.49. The summed E-state index contributed by atoms with van der Waals surface area (Å²) < 4.78 is 0. The first-order valence-electron chi connectivity index (χ1n) is 6.53. The lowest BCUT2D eigenvalue weighted by molar-refractivity contribution is -0.128. The van der Waals surface area contributed by atoms with Gasteiger partial charge in [-0.15, -0.1) is 11.3 Å². The minimum absolute atomic E-state index is 0.153. The normalized spacial score (nSPS) is 11.9. The number of thioether (sulfide) groups is 1.